The van der Waals surface area contributed by atoms with Gasteiger partial charge in [0.2, 0.25) is 0 Å². The molecule has 18 heavy (non-hydrogen) atoms. The number of thiophene rings is 1. The Balaban J connectivity index is 2.12. The zero-order valence-electron chi connectivity index (χ0n) is 10.1. The molecule has 0 bridgehead atoms. The largest absolute Gasteiger partial charge is 0.351 e. The second-order valence-electron chi connectivity index (χ2n) is 4.56. The molecular weight excluding hydrogens is 244 g/mol. The fourth-order valence-corrected chi connectivity index (χ4v) is 3.80. The molecule has 3 N–H and O–H groups in total. The van der Waals surface area contributed by atoms with Crippen molar-refractivity contribution < 1.29 is 4.79 Å². The molecule has 0 saturated heterocycles. The molecule has 1 aromatic carbocycles. The first-order valence-corrected chi connectivity index (χ1v) is 6.75. The summed E-state index contributed by atoms with van der Waals surface area (Å²) < 4.78 is 0. The smallest absolute Gasteiger partial charge is 0.317 e. The van der Waals surface area contributed by atoms with Crippen LogP contribution in [0.1, 0.15) is 16.7 Å². The number of anilines is 1. The summed E-state index contributed by atoms with van der Waals surface area (Å²) in [6.07, 6.45) is 2.10. The van der Waals surface area contributed by atoms with Crippen LogP contribution >= 0.6 is 11.3 Å². The summed E-state index contributed by atoms with van der Waals surface area (Å²) >= 11 is 1.61. The van der Waals surface area contributed by atoms with Gasteiger partial charge in [-0.05, 0) is 48.1 Å². The molecule has 92 valence electrons. The van der Waals surface area contributed by atoms with Crippen LogP contribution in [0.3, 0.4) is 0 Å². The van der Waals surface area contributed by atoms with Crippen LogP contribution in [0.5, 0.6) is 0 Å². The first-order chi connectivity index (χ1) is 8.65. The highest BCUT2D eigenvalue weighted by Gasteiger charge is 2.20. The van der Waals surface area contributed by atoms with Crippen molar-refractivity contribution in [3.63, 3.8) is 0 Å². The number of hydrogen-bond acceptors (Lipinski definition) is 2. The van der Waals surface area contributed by atoms with E-state index in [0.29, 0.717) is 0 Å². The lowest BCUT2D eigenvalue weighted by atomic mass is 9.89. The third kappa shape index (κ3) is 1.78. The molecular formula is C14H14N2OS. The minimum Gasteiger partial charge on any atom is -0.351 e. The first kappa shape index (κ1) is 11.3. The molecule has 2 aromatic rings. The molecule has 0 saturated carbocycles. The number of urea groups is 1. The second kappa shape index (κ2) is 4.14. The van der Waals surface area contributed by atoms with E-state index in [2.05, 4.69) is 30.4 Å². The molecule has 1 aliphatic rings. The summed E-state index contributed by atoms with van der Waals surface area (Å²) in [5.41, 5.74) is 10.5. The summed E-state index contributed by atoms with van der Waals surface area (Å²) in [5, 5.41) is 3.51. The first-order valence-electron chi connectivity index (χ1n) is 5.93. The molecule has 0 radical (unpaired) electrons. The van der Waals surface area contributed by atoms with Crippen molar-refractivity contribution in [2.45, 2.75) is 19.8 Å². The zero-order chi connectivity index (χ0) is 12.7. The normalized spacial score (nSPS) is 12.7. The van der Waals surface area contributed by atoms with Crippen molar-refractivity contribution in [1.82, 2.24) is 0 Å². The molecule has 0 fully saturated rings. The van der Waals surface area contributed by atoms with Crippen molar-refractivity contribution in [2.24, 2.45) is 5.73 Å². The lowest BCUT2D eigenvalue weighted by Crippen LogP contribution is -2.18. The topological polar surface area (TPSA) is 55.1 Å². The summed E-state index contributed by atoms with van der Waals surface area (Å²) in [6, 6.07) is 7.97. The fourth-order valence-electron chi connectivity index (χ4n) is 2.54. The monoisotopic (exact) mass is 258 g/mol. The van der Waals surface area contributed by atoms with E-state index in [-0.39, 0.29) is 0 Å². The van der Waals surface area contributed by atoms with Gasteiger partial charge in [-0.2, -0.15) is 0 Å². The minimum absolute atomic E-state index is 0.501. The van der Waals surface area contributed by atoms with Gasteiger partial charge in [0, 0.05) is 4.88 Å². The van der Waals surface area contributed by atoms with E-state index in [1.807, 2.05) is 6.07 Å². The summed E-state index contributed by atoms with van der Waals surface area (Å²) in [5.74, 6) is 0. The van der Waals surface area contributed by atoms with E-state index in [1.54, 1.807) is 11.3 Å². The number of rotatable bonds is 1. The van der Waals surface area contributed by atoms with Crippen LogP contribution in [0.4, 0.5) is 9.80 Å². The van der Waals surface area contributed by atoms with Crippen molar-refractivity contribution in [1.29, 1.82) is 0 Å². The molecule has 0 unspecified atom stereocenters. The van der Waals surface area contributed by atoms with Gasteiger partial charge in [0.05, 0.1) is 5.00 Å². The highest BCUT2D eigenvalue weighted by atomic mass is 32.1. The summed E-state index contributed by atoms with van der Waals surface area (Å²) in [6.45, 7) is 2.13. The molecule has 1 aromatic heterocycles. The number of amides is 2. The van der Waals surface area contributed by atoms with Gasteiger partial charge >= 0.3 is 6.03 Å². The predicted molar refractivity (Wildman–Crippen MR) is 75.1 cm³/mol. The standard InChI is InChI=1S/C14H14N2OS/c1-8-3-2-4-9-5-6-10-7-11(16-14(15)17)18-13(10)12(8)9/h2-4,7H,5-6H2,1H3,(H3,15,16,17). The van der Waals surface area contributed by atoms with Gasteiger partial charge in [-0.1, -0.05) is 18.2 Å². The Hall–Kier alpha value is -1.81. The van der Waals surface area contributed by atoms with Crippen LogP contribution < -0.4 is 11.1 Å². The van der Waals surface area contributed by atoms with Gasteiger partial charge < -0.3 is 5.73 Å². The number of hydrogen-bond donors (Lipinski definition) is 2. The Morgan fingerprint density at radius 3 is 2.89 bits per heavy atom. The number of primary amides is 1. The van der Waals surface area contributed by atoms with Crippen LogP contribution in [-0.4, -0.2) is 6.03 Å². The Bertz CT molecular complexity index is 631. The molecule has 1 aliphatic carbocycles. The Morgan fingerprint density at radius 2 is 2.11 bits per heavy atom. The maximum absolute atomic E-state index is 10.9. The molecule has 0 spiro atoms. The summed E-state index contributed by atoms with van der Waals surface area (Å²) in [4.78, 5) is 12.2. The summed E-state index contributed by atoms with van der Waals surface area (Å²) in [7, 11) is 0. The van der Waals surface area contributed by atoms with Crippen LogP contribution in [-0.2, 0) is 12.8 Å². The molecule has 1 heterocycles. The highest BCUT2D eigenvalue weighted by Crippen LogP contribution is 2.43. The van der Waals surface area contributed by atoms with E-state index >= 15 is 0 Å². The third-order valence-corrected chi connectivity index (χ3v) is 4.42. The predicted octanol–water partition coefficient (Wildman–Crippen LogP) is 3.31. The van der Waals surface area contributed by atoms with Crippen LogP contribution in [0, 0.1) is 6.92 Å². The number of benzene rings is 1. The van der Waals surface area contributed by atoms with Gasteiger partial charge in [-0.25, -0.2) is 4.79 Å². The van der Waals surface area contributed by atoms with E-state index in [1.165, 1.54) is 27.1 Å². The zero-order valence-corrected chi connectivity index (χ0v) is 10.9. The number of fused-ring (bicyclic) bond motifs is 3. The fraction of sp³-hybridized carbons (Fsp3) is 0.214. The lowest BCUT2D eigenvalue weighted by molar-refractivity contribution is 0.259. The van der Waals surface area contributed by atoms with Crippen LogP contribution in [0.15, 0.2) is 24.3 Å². The van der Waals surface area contributed by atoms with Crippen molar-refractivity contribution in [3.05, 3.63) is 41.0 Å². The molecule has 2 amide bonds. The quantitative estimate of drug-likeness (QED) is 0.810. The van der Waals surface area contributed by atoms with Crippen LogP contribution in [0.2, 0.25) is 0 Å². The number of nitrogens with two attached hydrogens (primary N) is 1. The molecule has 4 heteroatoms. The van der Waals surface area contributed by atoms with Crippen molar-refractivity contribution in [3.8, 4) is 10.4 Å². The third-order valence-electron chi connectivity index (χ3n) is 3.31. The number of aryl methyl sites for hydroxylation is 3. The Kier molecular flexibility index (Phi) is 2.59. The average Bonchev–Trinajstić information content (AvgIpc) is 2.70. The van der Waals surface area contributed by atoms with Gasteiger partial charge in [0.15, 0.2) is 0 Å². The average molecular weight is 258 g/mol. The highest BCUT2D eigenvalue weighted by molar-refractivity contribution is 7.19. The van der Waals surface area contributed by atoms with E-state index in [0.717, 1.165) is 17.8 Å². The van der Waals surface area contributed by atoms with E-state index in [9.17, 15) is 4.79 Å². The van der Waals surface area contributed by atoms with Crippen molar-refractivity contribution >= 4 is 22.4 Å². The number of carbonyl (C=O) groups is 1. The van der Waals surface area contributed by atoms with Crippen LogP contribution in [0.25, 0.3) is 10.4 Å². The van der Waals surface area contributed by atoms with Crippen molar-refractivity contribution in [2.75, 3.05) is 5.32 Å². The molecule has 0 atom stereocenters. The minimum atomic E-state index is -0.501. The maximum Gasteiger partial charge on any atom is 0.317 e. The number of nitrogens with one attached hydrogen (secondary N) is 1. The SMILES string of the molecule is Cc1cccc2c1-c1sc(NC(N)=O)cc1CC2. The van der Waals surface area contributed by atoms with Gasteiger partial charge in [-0.15, -0.1) is 11.3 Å². The molecule has 3 nitrogen and oxygen atoms in total. The molecule has 3 rings (SSSR count). The maximum atomic E-state index is 10.9. The second-order valence-corrected chi connectivity index (χ2v) is 5.62. The lowest BCUT2D eigenvalue weighted by Gasteiger charge is -2.17. The Morgan fingerprint density at radius 1 is 1.33 bits per heavy atom. The molecule has 0 aliphatic heterocycles. The Labute approximate surface area is 110 Å². The van der Waals surface area contributed by atoms with Gasteiger partial charge in [0.1, 0.15) is 0 Å². The van der Waals surface area contributed by atoms with Gasteiger partial charge in [0.25, 0.3) is 0 Å². The van der Waals surface area contributed by atoms with E-state index in [4.69, 9.17) is 5.73 Å². The van der Waals surface area contributed by atoms with Gasteiger partial charge in [-0.3, -0.25) is 5.32 Å². The number of carbonyl (C=O) groups excluding carboxylic acids is 1. The van der Waals surface area contributed by atoms with E-state index < -0.39 is 6.03 Å².